The van der Waals surface area contributed by atoms with Crippen LogP contribution < -0.4 is 30.9 Å². The molecule has 234 valence electrons. The number of carboxylic acid groups (broad SMARTS) is 1. The van der Waals surface area contributed by atoms with E-state index >= 15 is 0 Å². The highest BCUT2D eigenvalue weighted by Gasteiger charge is 2.38. The van der Waals surface area contributed by atoms with Crippen LogP contribution in [0.2, 0.25) is 0 Å². The summed E-state index contributed by atoms with van der Waals surface area (Å²) in [4.78, 5) is 56.1. The van der Waals surface area contributed by atoms with Gasteiger partial charge in [-0.25, -0.2) is 4.79 Å². The number of amides is 3. The maximum absolute atomic E-state index is 14.4. The highest BCUT2D eigenvalue weighted by molar-refractivity contribution is 6.13. The number of nitrogens with zero attached hydrogens (tertiary/aromatic N) is 2. The van der Waals surface area contributed by atoms with E-state index in [1.807, 2.05) is 0 Å². The fraction of sp³-hybridized carbons (Fsp3) is 0.212. The van der Waals surface area contributed by atoms with E-state index in [1.165, 1.54) is 23.0 Å². The summed E-state index contributed by atoms with van der Waals surface area (Å²) in [6.07, 6.45) is 0. The van der Waals surface area contributed by atoms with E-state index in [2.05, 4.69) is 10.6 Å². The summed E-state index contributed by atoms with van der Waals surface area (Å²) in [7, 11) is 3.16. The number of carboxylic acids is 1. The van der Waals surface area contributed by atoms with Crippen molar-refractivity contribution in [2.24, 2.45) is 0 Å². The van der Waals surface area contributed by atoms with Gasteiger partial charge in [0.05, 0.1) is 43.2 Å². The molecule has 4 aromatic rings. The van der Waals surface area contributed by atoms with Gasteiger partial charge in [0.15, 0.2) is 0 Å². The van der Waals surface area contributed by atoms with E-state index in [1.54, 1.807) is 86.8 Å². The molecule has 5 N–H and O–H groups in total. The number of anilines is 3. The average Bonchev–Trinajstić information content (AvgIpc) is 3.14. The number of fused-ring (bicyclic) bond motifs is 2. The van der Waals surface area contributed by atoms with E-state index in [0.717, 1.165) is 0 Å². The molecule has 3 amide bonds. The lowest BCUT2D eigenvalue weighted by molar-refractivity contribution is -0.128. The van der Waals surface area contributed by atoms with Crippen LogP contribution in [0.3, 0.4) is 0 Å². The Morgan fingerprint density at radius 1 is 1.00 bits per heavy atom. The van der Waals surface area contributed by atoms with E-state index in [9.17, 15) is 24.3 Å². The van der Waals surface area contributed by atoms with Gasteiger partial charge in [0.2, 0.25) is 5.91 Å². The summed E-state index contributed by atoms with van der Waals surface area (Å²) in [5, 5.41) is 16.6. The van der Waals surface area contributed by atoms with Gasteiger partial charge in [0.25, 0.3) is 11.8 Å². The molecule has 2 atom stereocenters. The second kappa shape index (κ2) is 13.7. The van der Waals surface area contributed by atoms with Crippen LogP contribution in [0, 0.1) is 0 Å². The smallest absolute Gasteiger partial charge is 0.335 e. The summed E-state index contributed by atoms with van der Waals surface area (Å²) in [5.41, 5.74) is 8.43. The highest BCUT2D eigenvalue weighted by Crippen LogP contribution is 2.37. The lowest BCUT2D eigenvalue weighted by Gasteiger charge is -2.27. The Labute approximate surface area is 266 Å². The summed E-state index contributed by atoms with van der Waals surface area (Å²) >= 11 is 0. The molecule has 45 heavy (non-hydrogen) atoms. The third-order valence-corrected chi connectivity index (χ3v) is 7.81. The maximum atomic E-state index is 14.4. The van der Waals surface area contributed by atoms with Crippen LogP contribution in [0.25, 0.3) is 10.8 Å². The van der Waals surface area contributed by atoms with E-state index < -0.39 is 29.9 Å². The molecule has 0 radical (unpaired) electrons. The first-order valence-electron chi connectivity index (χ1n) is 14.0. The lowest BCUT2D eigenvalue weighted by atomic mass is 10.00. The van der Waals surface area contributed by atoms with E-state index in [0.29, 0.717) is 44.7 Å². The number of hydrogen-bond acceptors (Lipinski definition) is 7. The molecule has 1 aliphatic heterocycles. The van der Waals surface area contributed by atoms with E-state index in [4.69, 9.17) is 10.5 Å². The van der Waals surface area contributed by atoms with Crippen LogP contribution >= 0.6 is 12.4 Å². The molecule has 0 saturated heterocycles. The molecule has 0 spiro atoms. The van der Waals surface area contributed by atoms with Gasteiger partial charge < -0.3 is 36.0 Å². The fourth-order valence-corrected chi connectivity index (χ4v) is 5.28. The zero-order valence-electron chi connectivity index (χ0n) is 24.9. The van der Waals surface area contributed by atoms with Gasteiger partial charge >= 0.3 is 5.97 Å². The molecule has 0 saturated carbocycles. The monoisotopic (exact) mass is 631 g/mol. The number of benzene rings is 4. The van der Waals surface area contributed by atoms with Gasteiger partial charge in [-0.3, -0.25) is 14.4 Å². The zero-order valence-corrected chi connectivity index (χ0v) is 25.8. The molecular weight excluding hydrogens is 598 g/mol. The molecule has 11 nitrogen and oxygen atoms in total. The number of nitrogens with one attached hydrogen (secondary N) is 2. The van der Waals surface area contributed by atoms with Crippen molar-refractivity contribution in [2.45, 2.75) is 25.6 Å². The Morgan fingerprint density at radius 2 is 1.67 bits per heavy atom. The number of carbonyl (C=O) groups excluding carboxylic acids is 3. The molecule has 0 aliphatic carbocycles. The number of ether oxygens (including phenoxy) is 1. The van der Waals surface area contributed by atoms with Gasteiger partial charge in [-0.2, -0.15) is 0 Å². The van der Waals surface area contributed by atoms with Gasteiger partial charge in [-0.05, 0) is 79.3 Å². The van der Waals surface area contributed by atoms with Crippen molar-refractivity contribution >= 4 is 63.9 Å². The molecular formula is C33H34ClN5O6. The van der Waals surface area contributed by atoms with Gasteiger partial charge in [0.1, 0.15) is 11.8 Å². The van der Waals surface area contributed by atoms with Crippen LogP contribution in [0.4, 0.5) is 17.1 Å². The maximum Gasteiger partial charge on any atom is 0.335 e. The first kappa shape index (κ1) is 32.8. The third kappa shape index (κ3) is 6.54. The van der Waals surface area contributed by atoms with Gasteiger partial charge in [-0.15, -0.1) is 12.4 Å². The number of hydrogen-bond donors (Lipinski definition) is 4. The molecule has 4 aromatic carbocycles. The van der Waals surface area contributed by atoms with Crippen LogP contribution in [0.1, 0.15) is 33.2 Å². The van der Waals surface area contributed by atoms with Crippen molar-refractivity contribution in [3.05, 3.63) is 95.6 Å². The number of rotatable bonds is 8. The Morgan fingerprint density at radius 3 is 2.31 bits per heavy atom. The number of halogens is 1. The van der Waals surface area contributed by atoms with Crippen LogP contribution in [0.15, 0.2) is 78.9 Å². The molecule has 5 rings (SSSR count). The van der Waals surface area contributed by atoms with Crippen molar-refractivity contribution in [3.63, 3.8) is 0 Å². The number of para-hydroxylation sites is 2. The third-order valence-electron chi connectivity index (χ3n) is 7.81. The minimum absolute atomic E-state index is 0. The van der Waals surface area contributed by atoms with Crippen LogP contribution in [0.5, 0.6) is 5.75 Å². The predicted molar refractivity (Wildman–Crippen MR) is 175 cm³/mol. The number of methoxy groups -OCH3 is 1. The molecule has 12 heteroatoms. The highest BCUT2D eigenvalue weighted by atomic mass is 35.5. The Balaban J connectivity index is 0.00000461. The molecule has 1 heterocycles. The van der Waals surface area contributed by atoms with Crippen molar-refractivity contribution in [3.8, 4) is 5.75 Å². The van der Waals surface area contributed by atoms with E-state index in [-0.39, 0.29) is 37.0 Å². The summed E-state index contributed by atoms with van der Waals surface area (Å²) in [6, 6.07) is 20.1. The average molecular weight is 632 g/mol. The molecule has 0 fully saturated rings. The fourth-order valence-electron chi connectivity index (χ4n) is 5.28. The Hall–Kier alpha value is -5.13. The molecule has 1 aliphatic rings. The number of likely N-dealkylation sites (N-methyl/N-ethyl adjacent to an activating group) is 1. The number of carbonyl (C=O) groups is 4. The first-order chi connectivity index (χ1) is 21.1. The normalized spacial score (nSPS) is 15.0. The number of nitrogens with two attached hydrogens (primary N) is 1. The topological polar surface area (TPSA) is 154 Å². The van der Waals surface area contributed by atoms with Crippen LogP contribution in [-0.2, 0) is 16.1 Å². The van der Waals surface area contributed by atoms with Crippen molar-refractivity contribution in [1.82, 2.24) is 10.6 Å². The number of nitrogen functional groups attached to an aromatic ring is 1. The van der Waals surface area contributed by atoms with Crippen LogP contribution in [-0.4, -0.2) is 61.6 Å². The quantitative estimate of drug-likeness (QED) is 0.214. The molecule has 0 bridgehead atoms. The lowest BCUT2D eigenvalue weighted by Crippen LogP contribution is -2.55. The van der Waals surface area contributed by atoms with Crippen molar-refractivity contribution in [1.29, 1.82) is 0 Å². The molecule has 0 aromatic heterocycles. The SMILES string of the molecule is CN[C@@H](C)C(=O)N[C@H]1CN(C(=O)c2ccc(N)cc2)c2ccccc2N(Cc2c(OC)ccc3cc(C(=O)O)ccc23)C1=O.Cl. The zero-order chi connectivity index (χ0) is 31.5. The summed E-state index contributed by atoms with van der Waals surface area (Å²) < 4.78 is 5.68. The molecule has 0 unspecified atom stereocenters. The predicted octanol–water partition coefficient (Wildman–Crippen LogP) is 3.84. The standard InChI is InChI=1S/C33H33N5O6.ClH/c1-19(35-2)30(39)36-26-18-38(31(40)20-8-12-23(34)13-9-20)28-7-5-4-6-27(28)37(32(26)41)17-25-24-14-10-22(33(42)43)16-21(24)11-15-29(25)44-3;/h4-16,19,26,35H,17-18,34H2,1-3H3,(H,36,39)(H,42,43);1H/t19-,26-;/m0./s1. The number of aromatic carboxylic acids is 1. The second-order valence-electron chi connectivity index (χ2n) is 10.5. The first-order valence-corrected chi connectivity index (χ1v) is 14.0. The Bertz CT molecular complexity index is 1760. The van der Waals surface area contributed by atoms with Gasteiger partial charge in [-0.1, -0.05) is 24.3 Å². The van der Waals surface area contributed by atoms with Crippen molar-refractivity contribution in [2.75, 3.05) is 36.2 Å². The minimum Gasteiger partial charge on any atom is -0.496 e. The largest absolute Gasteiger partial charge is 0.496 e. The van der Waals surface area contributed by atoms with Gasteiger partial charge in [0, 0.05) is 16.8 Å². The summed E-state index contributed by atoms with van der Waals surface area (Å²) in [5.74, 6) is -1.75. The minimum atomic E-state index is -1.09. The summed E-state index contributed by atoms with van der Waals surface area (Å²) in [6.45, 7) is 1.57. The second-order valence-corrected chi connectivity index (χ2v) is 10.5. The van der Waals surface area contributed by atoms with Crippen molar-refractivity contribution < 1.29 is 29.0 Å². The Kier molecular flexibility index (Phi) is 9.95.